The SMILES string of the molecule is Nc1nc(/C([C]=O)=N/OC2CC2)ns1. The molecule has 1 aromatic heterocycles. The largest absolute Gasteiger partial charge is 0.392 e. The summed E-state index contributed by atoms with van der Waals surface area (Å²) in [6.45, 7) is 0. The molecule has 1 heterocycles. The van der Waals surface area contributed by atoms with Crippen LogP contribution in [0.4, 0.5) is 5.13 Å². The molecule has 1 aliphatic rings. The molecule has 1 aliphatic carbocycles. The van der Waals surface area contributed by atoms with E-state index in [0.29, 0.717) is 0 Å². The highest BCUT2D eigenvalue weighted by Crippen LogP contribution is 2.23. The molecule has 7 heteroatoms. The maximum Gasteiger partial charge on any atom is 0.261 e. The molecule has 2 N–H and O–H groups in total. The van der Waals surface area contributed by atoms with Crippen molar-refractivity contribution in [3.05, 3.63) is 5.82 Å². The maximum atomic E-state index is 10.5. The smallest absolute Gasteiger partial charge is 0.261 e. The first-order chi connectivity index (χ1) is 6.79. The molecular formula is C7H7N4O2S. The van der Waals surface area contributed by atoms with Crippen LogP contribution in [0.1, 0.15) is 18.7 Å². The minimum absolute atomic E-state index is 0.0372. The lowest BCUT2D eigenvalue weighted by molar-refractivity contribution is 0.130. The Morgan fingerprint density at radius 1 is 1.71 bits per heavy atom. The lowest BCUT2D eigenvalue weighted by Gasteiger charge is -1.93. The summed E-state index contributed by atoms with van der Waals surface area (Å²) in [4.78, 5) is 19.3. The van der Waals surface area contributed by atoms with Crippen molar-refractivity contribution in [3.8, 4) is 0 Å². The summed E-state index contributed by atoms with van der Waals surface area (Å²) in [5.41, 5.74) is 5.32. The van der Waals surface area contributed by atoms with Gasteiger partial charge in [-0.3, -0.25) is 4.79 Å². The molecule has 1 saturated carbocycles. The van der Waals surface area contributed by atoms with E-state index >= 15 is 0 Å². The van der Waals surface area contributed by atoms with Crippen LogP contribution in [-0.4, -0.2) is 27.5 Å². The third-order valence-electron chi connectivity index (χ3n) is 1.57. The lowest BCUT2D eigenvalue weighted by Crippen LogP contribution is -2.06. The average Bonchev–Trinajstić information content (AvgIpc) is 2.90. The first-order valence-electron chi connectivity index (χ1n) is 4.01. The number of nitrogens with two attached hydrogens (primary N) is 1. The summed E-state index contributed by atoms with van der Waals surface area (Å²) >= 11 is 0.999. The van der Waals surface area contributed by atoms with Crippen molar-refractivity contribution in [2.75, 3.05) is 5.73 Å². The minimum atomic E-state index is -0.0372. The molecule has 0 aromatic carbocycles. The highest BCUT2D eigenvalue weighted by Gasteiger charge is 2.24. The third kappa shape index (κ3) is 2.05. The van der Waals surface area contributed by atoms with Gasteiger partial charge in [-0.05, 0) is 12.8 Å². The Bertz CT molecular complexity index is 372. The first-order valence-corrected chi connectivity index (χ1v) is 4.78. The summed E-state index contributed by atoms with van der Waals surface area (Å²) in [7, 11) is 0. The topological polar surface area (TPSA) is 90.5 Å². The minimum Gasteiger partial charge on any atom is -0.392 e. The number of oxime groups is 1. The molecule has 0 unspecified atom stereocenters. The summed E-state index contributed by atoms with van der Waals surface area (Å²) in [5, 5.41) is 3.89. The van der Waals surface area contributed by atoms with Crippen LogP contribution in [0.5, 0.6) is 0 Å². The van der Waals surface area contributed by atoms with Crippen LogP contribution in [0.2, 0.25) is 0 Å². The fraction of sp³-hybridized carbons (Fsp3) is 0.429. The first kappa shape index (κ1) is 9.07. The van der Waals surface area contributed by atoms with Crippen molar-refractivity contribution in [1.29, 1.82) is 0 Å². The van der Waals surface area contributed by atoms with E-state index in [-0.39, 0.29) is 22.8 Å². The van der Waals surface area contributed by atoms with E-state index < -0.39 is 0 Å². The molecule has 73 valence electrons. The van der Waals surface area contributed by atoms with Gasteiger partial charge < -0.3 is 10.6 Å². The Hall–Kier alpha value is -1.50. The zero-order valence-electron chi connectivity index (χ0n) is 7.14. The average molecular weight is 211 g/mol. The Morgan fingerprint density at radius 3 is 3.00 bits per heavy atom. The highest BCUT2D eigenvalue weighted by atomic mass is 32.1. The van der Waals surface area contributed by atoms with E-state index in [0.717, 1.165) is 24.4 Å². The summed E-state index contributed by atoms with van der Waals surface area (Å²) < 4.78 is 3.82. The van der Waals surface area contributed by atoms with Crippen molar-refractivity contribution in [2.45, 2.75) is 18.9 Å². The molecular weight excluding hydrogens is 204 g/mol. The zero-order chi connectivity index (χ0) is 9.97. The van der Waals surface area contributed by atoms with Gasteiger partial charge in [0, 0.05) is 11.5 Å². The zero-order valence-corrected chi connectivity index (χ0v) is 7.95. The van der Waals surface area contributed by atoms with Gasteiger partial charge in [0.25, 0.3) is 6.29 Å². The second-order valence-electron chi connectivity index (χ2n) is 2.80. The van der Waals surface area contributed by atoms with Crippen molar-refractivity contribution < 1.29 is 9.63 Å². The molecule has 0 atom stereocenters. The number of aromatic nitrogens is 2. The van der Waals surface area contributed by atoms with Gasteiger partial charge in [-0.1, -0.05) is 5.16 Å². The lowest BCUT2D eigenvalue weighted by atomic mass is 10.4. The Kier molecular flexibility index (Phi) is 2.40. The van der Waals surface area contributed by atoms with Gasteiger partial charge >= 0.3 is 0 Å². The van der Waals surface area contributed by atoms with Gasteiger partial charge in [0.05, 0.1) is 0 Å². The molecule has 1 aromatic rings. The van der Waals surface area contributed by atoms with Crippen molar-refractivity contribution in [3.63, 3.8) is 0 Å². The predicted octanol–water partition coefficient (Wildman–Crippen LogP) is 0.113. The molecule has 1 radical (unpaired) electrons. The van der Waals surface area contributed by atoms with Crippen LogP contribution >= 0.6 is 11.5 Å². The van der Waals surface area contributed by atoms with E-state index in [1.807, 2.05) is 0 Å². The molecule has 0 bridgehead atoms. The Morgan fingerprint density at radius 2 is 2.50 bits per heavy atom. The van der Waals surface area contributed by atoms with Crippen LogP contribution in [0.3, 0.4) is 0 Å². The molecule has 6 nitrogen and oxygen atoms in total. The van der Waals surface area contributed by atoms with Crippen molar-refractivity contribution in [1.82, 2.24) is 9.36 Å². The predicted molar refractivity (Wildman–Crippen MR) is 50.7 cm³/mol. The number of hydrogen-bond donors (Lipinski definition) is 1. The molecule has 14 heavy (non-hydrogen) atoms. The van der Waals surface area contributed by atoms with Gasteiger partial charge in [-0.2, -0.15) is 9.36 Å². The van der Waals surface area contributed by atoms with Crippen LogP contribution in [0.25, 0.3) is 0 Å². The standard InChI is InChI=1S/C7H7N4O2S/c8-7-9-6(11-14-7)5(3-12)10-13-4-1-2-4/h4H,1-2H2,(H2,8,9,11)/b10-5+. The summed E-state index contributed by atoms with van der Waals surface area (Å²) in [6, 6.07) is 0. The molecule has 0 spiro atoms. The Balaban J connectivity index is 2.10. The normalized spacial score (nSPS) is 16.7. The van der Waals surface area contributed by atoms with Gasteiger partial charge in [0.1, 0.15) is 6.10 Å². The van der Waals surface area contributed by atoms with E-state index in [9.17, 15) is 4.79 Å². The number of rotatable bonds is 4. The van der Waals surface area contributed by atoms with E-state index in [1.165, 1.54) is 0 Å². The number of anilines is 1. The molecule has 0 saturated heterocycles. The van der Waals surface area contributed by atoms with Gasteiger partial charge in [0.2, 0.25) is 5.82 Å². The second kappa shape index (κ2) is 3.70. The number of nitrogens with zero attached hydrogens (tertiary/aromatic N) is 3. The highest BCUT2D eigenvalue weighted by molar-refractivity contribution is 7.09. The van der Waals surface area contributed by atoms with Crippen LogP contribution in [0, 0.1) is 0 Å². The fourth-order valence-corrected chi connectivity index (χ4v) is 1.17. The van der Waals surface area contributed by atoms with Gasteiger partial charge in [-0.25, -0.2) is 0 Å². The van der Waals surface area contributed by atoms with E-state index in [1.54, 1.807) is 6.29 Å². The molecule has 0 aliphatic heterocycles. The quantitative estimate of drug-likeness (QED) is 0.564. The van der Waals surface area contributed by atoms with Crippen LogP contribution in [-0.2, 0) is 9.63 Å². The number of nitrogen functional groups attached to an aromatic ring is 1. The van der Waals surface area contributed by atoms with E-state index in [2.05, 4.69) is 14.5 Å². The van der Waals surface area contributed by atoms with Crippen LogP contribution in [0.15, 0.2) is 5.16 Å². The number of carbonyl (C=O) groups excluding carboxylic acids is 1. The van der Waals surface area contributed by atoms with E-state index in [4.69, 9.17) is 10.6 Å². The van der Waals surface area contributed by atoms with Gasteiger partial charge in [0.15, 0.2) is 10.8 Å². The monoisotopic (exact) mass is 211 g/mol. The fourth-order valence-electron chi connectivity index (χ4n) is 0.737. The second-order valence-corrected chi connectivity index (χ2v) is 3.59. The molecule has 2 rings (SSSR count). The molecule has 0 amide bonds. The van der Waals surface area contributed by atoms with Crippen molar-refractivity contribution in [2.24, 2.45) is 5.16 Å². The van der Waals surface area contributed by atoms with Crippen molar-refractivity contribution >= 4 is 28.7 Å². The maximum absolute atomic E-state index is 10.5. The summed E-state index contributed by atoms with van der Waals surface area (Å²) in [5.74, 6) is 0.170. The van der Waals surface area contributed by atoms with Crippen LogP contribution < -0.4 is 5.73 Å². The van der Waals surface area contributed by atoms with Gasteiger partial charge in [-0.15, -0.1) is 0 Å². The number of hydrogen-bond acceptors (Lipinski definition) is 7. The Labute approximate surface area is 83.9 Å². The summed E-state index contributed by atoms with van der Waals surface area (Å²) in [6.07, 6.45) is 3.70. The third-order valence-corrected chi connectivity index (χ3v) is 2.11. The molecule has 1 fully saturated rings.